The third-order valence-corrected chi connectivity index (χ3v) is 2.83. The van der Waals surface area contributed by atoms with Crippen LogP contribution in [0.15, 0.2) is 30.3 Å². The van der Waals surface area contributed by atoms with Crippen molar-refractivity contribution in [3.63, 3.8) is 0 Å². The van der Waals surface area contributed by atoms with Gasteiger partial charge in [0, 0.05) is 7.05 Å². The van der Waals surface area contributed by atoms with Crippen molar-refractivity contribution in [1.82, 2.24) is 4.90 Å². The molecule has 5 heteroatoms. The van der Waals surface area contributed by atoms with E-state index in [9.17, 15) is 9.59 Å². The van der Waals surface area contributed by atoms with Gasteiger partial charge in [-0.2, -0.15) is 0 Å². The SMILES string of the molecule is C[C@@H](C(=O)OCc1ccccc1)N(C)C(=O)OC(C)(C)C. The van der Waals surface area contributed by atoms with E-state index < -0.39 is 23.7 Å². The van der Waals surface area contributed by atoms with Crippen LogP contribution in [0.1, 0.15) is 33.3 Å². The van der Waals surface area contributed by atoms with Crippen LogP contribution in [-0.2, 0) is 20.9 Å². The molecule has 21 heavy (non-hydrogen) atoms. The Bertz CT molecular complexity index is 479. The van der Waals surface area contributed by atoms with Crippen molar-refractivity contribution in [2.75, 3.05) is 7.05 Å². The number of amides is 1. The monoisotopic (exact) mass is 293 g/mol. The Morgan fingerprint density at radius 2 is 1.76 bits per heavy atom. The first kappa shape index (κ1) is 17.0. The van der Waals surface area contributed by atoms with Crippen LogP contribution in [-0.4, -0.2) is 35.7 Å². The average Bonchev–Trinajstić information content (AvgIpc) is 2.42. The molecule has 0 aromatic heterocycles. The Kier molecular flexibility index (Phi) is 5.76. The smallest absolute Gasteiger partial charge is 0.410 e. The largest absolute Gasteiger partial charge is 0.459 e. The van der Waals surface area contributed by atoms with E-state index in [2.05, 4.69) is 0 Å². The fourth-order valence-corrected chi connectivity index (χ4v) is 1.50. The Morgan fingerprint density at radius 1 is 1.19 bits per heavy atom. The molecule has 0 aliphatic heterocycles. The van der Waals surface area contributed by atoms with Gasteiger partial charge in [0.05, 0.1) is 0 Å². The summed E-state index contributed by atoms with van der Waals surface area (Å²) in [5, 5.41) is 0. The first-order valence-electron chi connectivity index (χ1n) is 6.87. The minimum Gasteiger partial charge on any atom is -0.459 e. The van der Waals surface area contributed by atoms with Crippen LogP contribution in [0.5, 0.6) is 0 Å². The van der Waals surface area contributed by atoms with Crippen molar-refractivity contribution in [1.29, 1.82) is 0 Å². The average molecular weight is 293 g/mol. The van der Waals surface area contributed by atoms with Crippen LogP contribution in [0.4, 0.5) is 4.79 Å². The number of benzene rings is 1. The molecular weight excluding hydrogens is 270 g/mol. The van der Waals surface area contributed by atoms with Gasteiger partial charge >= 0.3 is 12.1 Å². The van der Waals surface area contributed by atoms with Crippen molar-refractivity contribution in [3.05, 3.63) is 35.9 Å². The first-order valence-corrected chi connectivity index (χ1v) is 6.87. The molecule has 0 N–H and O–H groups in total. The summed E-state index contributed by atoms with van der Waals surface area (Å²) in [6.07, 6.45) is -0.549. The fraction of sp³-hybridized carbons (Fsp3) is 0.500. The van der Waals surface area contributed by atoms with E-state index in [-0.39, 0.29) is 6.61 Å². The summed E-state index contributed by atoms with van der Waals surface area (Å²) in [6, 6.07) is 8.68. The lowest BCUT2D eigenvalue weighted by atomic mass is 10.2. The zero-order valence-electron chi connectivity index (χ0n) is 13.3. The van der Waals surface area contributed by atoms with Gasteiger partial charge in [-0.25, -0.2) is 9.59 Å². The zero-order chi connectivity index (χ0) is 16.0. The number of hydrogen-bond donors (Lipinski definition) is 0. The highest BCUT2D eigenvalue weighted by atomic mass is 16.6. The Balaban J connectivity index is 2.51. The van der Waals surface area contributed by atoms with Crippen LogP contribution in [0, 0.1) is 0 Å². The second-order valence-electron chi connectivity index (χ2n) is 5.86. The van der Waals surface area contributed by atoms with E-state index in [1.165, 1.54) is 11.9 Å². The molecule has 0 aliphatic rings. The molecule has 116 valence electrons. The molecule has 1 aromatic carbocycles. The number of ether oxygens (including phenoxy) is 2. The maximum atomic E-state index is 12.0. The Hall–Kier alpha value is -2.04. The lowest BCUT2D eigenvalue weighted by Crippen LogP contribution is -2.43. The van der Waals surface area contributed by atoms with Gasteiger partial charge in [0.2, 0.25) is 0 Å². The summed E-state index contributed by atoms with van der Waals surface area (Å²) in [5.41, 5.74) is 0.303. The van der Waals surface area contributed by atoms with E-state index in [1.54, 1.807) is 27.7 Å². The second kappa shape index (κ2) is 7.11. The quantitative estimate of drug-likeness (QED) is 0.801. The van der Waals surface area contributed by atoms with Crippen LogP contribution >= 0.6 is 0 Å². The molecule has 1 amide bonds. The molecule has 0 aliphatic carbocycles. The fourth-order valence-electron chi connectivity index (χ4n) is 1.50. The van der Waals surface area contributed by atoms with Crippen molar-refractivity contribution >= 4 is 12.1 Å². The third-order valence-electron chi connectivity index (χ3n) is 2.83. The van der Waals surface area contributed by atoms with Gasteiger partial charge in [0.1, 0.15) is 18.2 Å². The number of likely N-dealkylation sites (N-methyl/N-ethyl adjacent to an activating group) is 1. The van der Waals surface area contributed by atoms with Crippen LogP contribution in [0.2, 0.25) is 0 Å². The highest BCUT2D eigenvalue weighted by Gasteiger charge is 2.27. The summed E-state index contributed by atoms with van der Waals surface area (Å²) < 4.78 is 10.4. The standard InChI is InChI=1S/C16H23NO4/c1-12(17(5)15(19)21-16(2,3)4)14(18)20-11-13-9-7-6-8-10-13/h6-10,12H,11H2,1-5H3/t12-/m0/s1. The molecule has 1 atom stereocenters. The number of rotatable bonds is 4. The molecule has 0 unspecified atom stereocenters. The minimum absolute atomic E-state index is 0.187. The van der Waals surface area contributed by atoms with E-state index in [0.717, 1.165) is 5.56 Å². The van der Waals surface area contributed by atoms with Gasteiger partial charge in [-0.1, -0.05) is 30.3 Å². The predicted molar refractivity (Wildman–Crippen MR) is 79.7 cm³/mol. The molecule has 0 spiro atoms. The van der Waals surface area contributed by atoms with Gasteiger partial charge < -0.3 is 9.47 Å². The molecule has 5 nitrogen and oxygen atoms in total. The number of nitrogens with zero attached hydrogens (tertiary/aromatic N) is 1. The molecule has 0 saturated carbocycles. The van der Waals surface area contributed by atoms with Gasteiger partial charge in [0.25, 0.3) is 0 Å². The highest BCUT2D eigenvalue weighted by Crippen LogP contribution is 2.11. The van der Waals surface area contributed by atoms with Gasteiger partial charge in [-0.05, 0) is 33.3 Å². The maximum Gasteiger partial charge on any atom is 0.410 e. The Morgan fingerprint density at radius 3 is 2.29 bits per heavy atom. The van der Waals surface area contributed by atoms with Crippen LogP contribution < -0.4 is 0 Å². The normalized spacial score (nSPS) is 12.4. The van der Waals surface area contributed by atoms with Crippen molar-refractivity contribution < 1.29 is 19.1 Å². The number of esters is 1. The van der Waals surface area contributed by atoms with Gasteiger partial charge in [-0.3, -0.25) is 4.90 Å². The van der Waals surface area contributed by atoms with E-state index in [4.69, 9.17) is 9.47 Å². The lowest BCUT2D eigenvalue weighted by molar-refractivity contribution is -0.150. The zero-order valence-corrected chi connectivity index (χ0v) is 13.3. The summed E-state index contributed by atoms with van der Waals surface area (Å²) in [4.78, 5) is 25.1. The molecule has 0 bridgehead atoms. The molecular formula is C16H23NO4. The lowest BCUT2D eigenvalue weighted by Gasteiger charge is -2.27. The topological polar surface area (TPSA) is 55.8 Å². The molecule has 1 rings (SSSR count). The molecule has 0 heterocycles. The third kappa shape index (κ3) is 5.85. The maximum absolute atomic E-state index is 12.0. The van der Waals surface area contributed by atoms with Crippen molar-refractivity contribution in [3.8, 4) is 0 Å². The van der Waals surface area contributed by atoms with Crippen molar-refractivity contribution in [2.45, 2.75) is 45.9 Å². The number of carbonyl (C=O) groups excluding carboxylic acids is 2. The number of hydrogen-bond acceptors (Lipinski definition) is 4. The molecule has 0 fully saturated rings. The second-order valence-corrected chi connectivity index (χ2v) is 5.86. The molecule has 1 aromatic rings. The van der Waals surface area contributed by atoms with Gasteiger partial charge in [0.15, 0.2) is 0 Å². The van der Waals surface area contributed by atoms with Crippen LogP contribution in [0.25, 0.3) is 0 Å². The van der Waals surface area contributed by atoms with E-state index in [1.807, 2.05) is 30.3 Å². The molecule has 0 saturated heterocycles. The summed E-state index contributed by atoms with van der Waals surface area (Å²) >= 11 is 0. The summed E-state index contributed by atoms with van der Waals surface area (Å²) in [6.45, 7) is 7.12. The predicted octanol–water partition coefficient (Wildman–Crippen LogP) is 2.99. The number of carbonyl (C=O) groups is 2. The first-order chi connectivity index (χ1) is 9.70. The molecule has 0 radical (unpaired) electrons. The Labute approximate surface area is 125 Å². The highest BCUT2D eigenvalue weighted by molar-refractivity contribution is 5.81. The van der Waals surface area contributed by atoms with Crippen LogP contribution in [0.3, 0.4) is 0 Å². The van der Waals surface area contributed by atoms with E-state index >= 15 is 0 Å². The summed E-state index contributed by atoms with van der Waals surface area (Å²) in [5.74, 6) is -0.466. The minimum atomic E-state index is -0.705. The van der Waals surface area contributed by atoms with E-state index in [0.29, 0.717) is 0 Å². The summed E-state index contributed by atoms with van der Waals surface area (Å²) in [7, 11) is 1.52. The van der Waals surface area contributed by atoms with Gasteiger partial charge in [-0.15, -0.1) is 0 Å². The van der Waals surface area contributed by atoms with Crippen molar-refractivity contribution in [2.24, 2.45) is 0 Å².